The normalized spacial score (nSPS) is 33.1. The van der Waals surface area contributed by atoms with E-state index in [1.54, 1.807) is 0 Å². The number of Topliss-reactive ketones (excluding diaryl/α,β-unsaturated/α-hetero) is 2. The standard InChI is InChI=1S/C16H25ClO3.C14H19ClO/c1-12-4-6-16(10-14(12)18,13(2)11-17)7-5-15-19-8-3-9-20-15;1-9-4-6-14(10(2)8-15)7-5-12(16)13(14)11(9)3/h12,15H,2-11H2,1H3;9H,2,4-8H2,1,3H3. The molecule has 4 unspecified atom stereocenters. The molecule has 1 heterocycles. The Hall–Kier alpha value is -0.940. The van der Waals surface area contributed by atoms with Crippen LogP contribution in [0.5, 0.6) is 0 Å². The number of allylic oxidation sites excluding steroid dienone is 4. The van der Waals surface area contributed by atoms with Crippen LogP contribution in [0.4, 0.5) is 0 Å². The van der Waals surface area contributed by atoms with Gasteiger partial charge in [-0.3, -0.25) is 9.59 Å². The number of halogens is 2. The number of carbonyl (C=O) groups is 2. The van der Waals surface area contributed by atoms with Gasteiger partial charge in [0.2, 0.25) is 0 Å². The molecule has 0 N–H and O–H groups in total. The molecule has 1 saturated heterocycles. The number of ether oxygens (including phenoxy) is 2. The highest BCUT2D eigenvalue weighted by Gasteiger charge is 2.48. The first-order chi connectivity index (χ1) is 17.1. The van der Waals surface area contributed by atoms with Crippen molar-refractivity contribution in [2.24, 2.45) is 22.7 Å². The number of hydrogen-bond acceptors (Lipinski definition) is 4. The SMILES string of the molecule is C=C(CCl)C1(CCC2OCCCO2)CCC(C)C(=O)C1.C=C(CCl)C12CCC(=O)C1=C(C)C(C)CC2. The molecule has 0 aromatic heterocycles. The first kappa shape index (κ1) is 29.6. The Bertz CT molecular complexity index is 887. The summed E-state index contributed by atoms with van der Waals surface area (Å²) in [7, 11) is 0. The second kappa shape index (κ2) is 12.7. The summed E-state index contributed by atoms with van der Waals surface area (Å²) in [6.45, 7) is 16.1. The van der Waals surface area contributed by atoms with Gasteiger partial charge >= 0.3 is 0 Å². The number of carbonyl (C=O) groups excluding carboxylic acids is 2. The van der Waals surface area contributed by atoms with E-state index in [2.05, 4.69) is 27.0 Å². The van der Waals surface area contributed by atoms with Crippen molar-refractivity contribution in [1.82, 2.24) is 0 Å². The molecule has 3 fully saturated rings. The van der Waals surface area contributed by atoms with Crippen molar-refractivity contribution in [2.45, 2.75) is 91.3 Å². The van der Waals surface area contributed by atoms with Gasteiger partial charge in [-0.15, -0.1) is 23.2 Å². The number of hydrogen-bond donors (Lipinski definition) is 0. The Morgan fingerprint density at radius 3 is 2.22 bits per heavy atom. The molecule has 4 aliphatic rings. The molecule has 0 amide bonds. The fourth-order valence-electron chi connectivity index (χ4n) is 6.46. The van der Waals surface area contributed by atoms with Gasteiger partial charge in [0, 0.05) is 41.5 Å². The zero-order valence-corrected chi connectivity index (χ0v) is 23.9. The van der Waals surface area contributed by atoms with Crippen molar-refractivity contribution in [3.05, 3.63) is 35.5 Å². The Kier molecular flexibility index (Phi) is 10.5. The van der Waals surface area contributed by atoms with Crippen molar-refractivity contribution >= 4 is 34.8 Å². The maximum absolute atomic E-state index is 12.1. The molecule has 2 saturated carbocycles. The first-order valence-corrected chi connectivity index (χ1v) is 14.7. The minimum atomic E-state index is -0.143. The summed E-state index contributed by atoms with van der Waals surface area (Å²) in [5, 5.41) is 0. The topological polar surface area (TPSA) is 52.6 Å². The third-order valence-corrected chi connectivity index (χ3v) is 9.94. The smallest absolute Gasteiger partial charge is 0.159 e. The van der Waals surface area contributed by atoms with Crippen molar-refractivity contribution in [2.75, 3.05) is 25.0 Å². The fraction of sp³-hybridized carbons (Fsp3) is 0.733. The third kappa shape index (κ3) is 6.20. The minimum Gasteiger partial charge on any atom is -0.353 e. The second-order valence-corrected chi connectivity index (χ2v) is 11.9. The molecular formula is C30H44Cl2O4. The largest absolute Gasteiger partial charge is 0.353 e. The van der Waals surface area contributed by atoms with Gasteiger partial charge in [-0.05, 0) is 69.6 Å². The minimum absolute atomic E-state index is 0.0740. The van der Waals surface area contributed by atoms with Crippen molar-refractivity contribution in [3.63, 3.8) is 0 Å². The molecule has 0 aromatic rings. The molecule has 4 nitrogen and oxygen atoms in total. The van der Waals surface area contributed by atoms with Gasteiger partial charge < -0.3 is 9.47 Å². The summed E-state index contributed by atoms with van der Waals surface area (Å²) in [6, 6.07) is 0. The van der Waals surface area contributed by atoms with Crippen LogP contribution in [-0.2, 0) is 19.1 Å². The maximum Gasteiger partial charge on any atom is 0.159 e. The van der Waals surface area contributed by atoms with Gasteiger partial charge in [-0.1, -0.05) is 43.7 Å². The number of ketones is 2. The van der Waals surface area contributed by atoms with Gasteiger partial charge in [-0.2, -0.15) is 0 Å². The van der Waals surface area contributed by atoms with Gasteiger partial charge in [0.25, 0.3) is 0 Å². The molecule has 6 heteroatoms. The van der Waals surface area contributed by atoms with Crippen LogP contribution in [0.25, 0.3) is 0 Å². The van der Waals surface area contributed by atoms with Gasteiger partial charge in [0.05, 0.1) is 13.2 Å². The Morgan fingerprint density at radius 1 is 0.972 bits per heavy atom. The van der Waals surface area contributed by atoms with Crippen LogP contribution in [0.15, 0.2) is 35.5 Å². The molecule has 4 atom stereocenters. The van der Waals surface area contributed by atoms with Crippen LogP contribution in [0.1, 0.15) is 85.0 Å². The van der Waals surface area contributed by atoms with E-state index in [4.69, 9.17) is 32.7 Å². The summed E-state index contributed by atoms with van der Waals surface area (Å²) in [6.07, 6.45) is 8.85. The van der Waals surface area contributed by atoms with Gasteiger partial charge in [-0.25, -0.2) is 0 Å². The molecule has 1 aliphatic heterocycles. The highest BCUT2D eigenvalue weighted by molar-refractivity contribution is 6.20. The van der Waals surface area contributed by atoms with Crippen molar-refractivity contribution < 1.29 is 19.1 Å². The summed E-state index contributed by atoms with van der Waals surface area (Å²) >= 11 is 12.0. The fourth-order valence-corrected chi connectivity index (χ4v) is 7.00. The predicted octanol–water partition coefficient (Wildman–Crippen LogP) is 7.58. The Morgan fingerprint density at radius 2 is 1.61 bits per heavy atom. The number of rotatable bonds is 7. The quantitative estimate of drug-likeness (QED) is 0.247. The molecule has 0 radical (unpaired) electrons. The lowest BCUT2D eigenvalue weighted by Gasteiger charge is -2.41. The average Bonchev–Trinajstić information content (AvgIpc) is 3.25. The number of alkyl halides is 2. The first-order valence-electron chi connectivity index (χ1n) is 13.6. The highest BCUT2D eigenvalue weighted by Crippen LogP contribution is 2.55. The molecule has 4 rings (SSSR count). The van der Waals surface area contributed by atoms with E-state index in [1.165, 1.54) is 5.57 Å². The van der Waals surface area contributed by atoms with Crippen molar-refractivity contribution in [3.8, 4) is 0 Å². The highest BCUT2D eigenvalue weighted by atomic mass is 35.5. The molecular weight excluding hydrogens is 495 g/mol. The van der Waals surface area contributed by atoms with E-state index in [9.17, 15) is 9.59 Å². The number of fused-ring (bicyclic) bond motifs is 1. The maximum atomic E-state index is 12.1. The Labute approximate surface area is 227 Å². The summed E-state index contributed by atoms with van der Waals surface area (Å²) in [5.74, 6) is 2.27. The lowest BCUT2D eigenvalue weighted by molar-refractivity contribution is -0.184. The lowest BCUT2D eigenvalue weighted by Crippen LogP contribution is -2.36. The second-order valence-electron chi connectivity index (χ2n) is 11.4. The van der Waals surface area contributed by atoms with Crippen LogP contribution in [0.2, 0.25) is 0 Å². The van der Waals surface area contributed by atoms with Crippen LogP contribution in [0.3, 0.4) is 0 Å². The van der Waals surface area contributed by atoms with E-state index >= 15 is 0 Å². The summed E-state index contributed by atoms with van der Waals surface area (Å²) < 4.78 is 11.2. The van der Waals surface area contributed by atoms with Crippen molar-refractivity contribution in [1.29, 1.82) is 0 Å². The van der Waals surface area contributed by atoms with E-state index in [0.29, 0.717) is 42.1 Å². The van der Waals surface area contributed by atoms with Crippen LogP contribution in [0, 0.1) is 22.7 Å². The molecule has 36 heavy (non-hydrogen) atoms. The van der Waals surface area contributed by atoms with Gasteiger partial charge in [0.15, 0.2) is 12.1 Å². The summed E-state index contributed by atoms with van der Waals surface area (Å²) in [4.78, 5) is 24.2. The Balaban J connectivity index is 0.000000205. The zero-order valence-electron chi connectivity index (χ0n) is 22.4. The molecule has 0 spiro atoms. The van der Waals surface area contributed by atoms with Gasteiger partial charge in [0.1, 0.15) is 5.78 Å². The lowest BCUT2D eigenvalue weighted by atomic mass is 9.64. The third-order valence-electron chi connectivity index (χ3n) is 9.30. The van der Waals surface area contributed by atoms with E-state index in [1.807, 2.05) is 6.92 Å². The predicted molar refractivity (Wildman–Crippen MR) is 147 cm³/mol. The van der Waals surface area contributed by atoms with E-state index < -0.39 is 0 Å². The average molecular weight is 540 g/mol. The van der Waals surface area contributed by atoms with Crippen LogP contribution in [-0.4, -0.2) is 42.8 Å². The molecule has 3 aliphatic carbocycles. The van der Waals surface area contributed by atoms with E-state index in [-0.39, 0.29) is 23.0 Å². The molecule has 0 aromatic carbocycles. The van der Waals surface area contributed by atoms with Crippen LogP contribution >= 0.6 is 23.2 Å². The zero-order chi connectivity index (χ0) is 26.5. The summed E-state index contributed by atoms with van der Waals surface area (Å²) in [5.41, 5.74) is 4.15. The molecule has 202 valence electrons. The van der Waals surface area contributed by atoms with E-state index in [0.717, 1.165) is 81.3 Å². The van der Waals surface area contributed by atoms with Crippen LogP contribution < -0.4 is 0 Å². The molecule has 0 bridgehead atoms. The monoisotopic (exact) mass is 538 g/mol.